The normalized spacial score (nSPS) is 10.8. The molecule has 0 spiro atoms. The zero-order chi connectivity index (χ0) is 17.3. The third kappa shape index (κ3) is 5.01. The van der Waals surface area contributed by atoms with Crippen LogP contribution in [0.5, 0.6) is 0 Å². The van der Waals surface area contributed by atoms with Crippen LogP contribution < -0.4 is 5.32 Å². The summed E-state index contributed by atoms with van der Waals surface area (Å²) in [7, 11) is 0. The van der Waals surface area contributed by atoms with Crippen molar-refractivity contribution >= 4 is 5.91 Å². The van der Waals surface area contributed by atoms with Gasteiger partial charge in [0, 0.05) is 25.4 Å². The van der Waals surface area contributed by atoms with Crippen molar-refractivity contribution in [2.45, 2.75) is 25.3 Å². The molecule has 0 atom stereocenters. The lowest BCUT2D eigenvalue weighted by atomic mass is 9.91. The molecule has 0 saturated heterocycles. The van der Waals surface area contributed by atoms with E-state index in [2.05, 4.69) is 39.7 Å². The van der Waals surface area contributed by atoms with Gasteiger partial charge in [-0.25, -0.2) is 4.98 Å². The minimum atomic E-state index is 0.0666. The van der Waals surface area contributed by atoms with E-state index in [-0.39, 0.29) is 11.8 Å². The number of carbonyl (C=O) groups excluding carboxylic acids is 1. The first-order valence-corrected chi connectivity index (χ1v) is 8.52. The predicted molar refractivity (Wildman–Crippen MR) is 97.0 cm³/mol. The molecule has 0 unspecified atom stereocenters. The topological polar surface area (TPSA) is 59.8 Å². The summed E-state index contributed by atoms with van der Waals surface area (Å²) in [4.78, 5) is 16.1. The molecule has 25 heavy (non-hydrogen) atoms. The van der Waals surface area contributed by atoms with Gasteiger partial charge in [-0.15, -0.1) is 0 Å². The minimum Gasteiger partial charge on any atom is -0.355 e. The molecule has 1 amide bonds. The van der Waals surface area contributed by atoms with Crippen LogP contribution in [-0.4, -0.2) is 27.2 Å². The summed E-state index contributed by atoms with van der Waals surface area (Å²) in [5.41, 5.74) is 2.41. The number of nitrogens with one attached hydrogen (secondary N) is 1. The van der Waals surface area contributed by atoms with Gasteiger partial charge in [0.25, 0.3) is 0 Å². The van der Waals surface area contributed by atoms with E-state index in [4.69, 9.17) is 0 Å². The second-order valence-corrected chi connectivity index (χ2v) is 5.94. The summed E-state index contributed by atoms with van der Waals surface area (Å²) in [5.74, 6) is 0.221. The van der Waals surface area contributed by atoms with Crippen LogP contribution in [-0.2, 0) is 11.3 Å². The molecule has 5 heteroatoms. The highest BCUT2D eigenvalue weighted by Gasteiger charge is 2.14. The van der Waals surface area contributed by atoms with Crippen molar-refractivity contribution in [3.8, 4) is 0 Å². The third-order valence-electron chi connectivity index (χ3n) is 4.16. The molecule has 0 fully saturated rings. The van der Waals surface area contributed by atoms with Gasteiger partial charge in [0.1, 0.15) is 12.7 Å². The molecular weight excluding hydrogens is 312 g/mol. The van der Waals surface area contributed by atoms with Gasteiger partial charge in [0.15, 0.2) is 0 Å². The van der Waals surface area contributed by atoms with Gasteiger partial charge in [0.05, 0.1) is 0 Å². The lowest BCUT2D eigenvalue weighted by molar-refractivity contribution is -0.121. The Morgan fingerprint density at radius 3 is 2.20 bits per heavy atom. The Hall–Kier alpha value is -2.95. The highest BCUT2D eigenvalue weighted by Crippen LogP contribution is 2.23. The first kappa shape index (κ1) is 16.9. The van der Waals surface area contributed by atoms with Crippen molar-refractivity contribution in [2.24, 2.45) is 0 Å². The van der Waals surface area contributed by atoms with Crippen LogP contribution >= 0.6 is 0 Å². The molecule has 128 valence electrons. The summed E-state index contributed by atoms with van der Waals surface area (Å²) >= 11 is 0. The molecule has 0 bridgehead atoms. The maximum atomic E-state index is 12.2. The number of amides is 1. The van der Waals surface area contributed by atoms with E-state index in [9.17, 15) is 4.79 Å². The molecule has 3 rings (SSSR count). The first-order valence-electron chi connectivity index (χ1n) is 8.52. The second kappa shape index (κ2) is 8.78. The van der Waals surface area contributed by atoms with Crippen LogP contribution in [0.15, 0.2) is 73.3 Å². The van der Waals surface area contributed by atoms with E-state index < -0.39 is 0 Å². The number of hydrogen-bond donors (Lipinski definition) is 1. The standard InChI is InChI=1S/C20H22N4O/c25-20(12-7-13-24-16-21-15-23-24)22-14-19(17-8-3-1-4-9-17)18-10-5-2-6-11-18/h1-6,8-11,15-16,19H,7,12-14H2,(H,22,25). The molecule has 0 aliphatic carbocycles. The van der Waals surface area contributed by atoms with E-state index in [1.807, 2.05) is 36.4 Å². The molecule has 5 nitrogen and oxygen atoms in total. The van der Waals surface area contributed by atoms with Crippen molar-refractivity contribution < 1.29 is 4.79 Å². The van der Waals surface area contributed by atoms with Gasteiger partial charge in [-0.2, -0.15) is 5.10 Å². The highest BCUT2D eigenvalue weighted by molar-refractivity contribution is 5.75. The minimum absolute atomic E-state index is 0.0666. The van der Waals surface area contributed by atoms with Crippen molar-refractivity contribution in [1.82, 2.24) is 20.1 Å². The van der Waals surface area contributed by atoms with E-state index in [1.54, 1.807) is 11.0 Å². The van der Waals surface area contributed by atoms with Crippen LogP contribution in [0.25, 0.3) is 0 Å². The first-order chi connectivity index (χ1) is 12.3. The Kier molecular flexibility index (Phi) is 5.93. The Labute approximate surface area is 147 Å². The molecule has 1 aromatic heterocycles. The van der Waals surface area contributed by atoms with Crippen LogP contribution in [0.3, 0.4) is 0 Å². The number of aryl methyl sites for hydroxylation is 1. The van der Waals surface area contributed by atoms with Gasteiger partial charge >= 0.3 is 0 Å². The fraction of sp³-hybridized carbons (Fsp3) is 0.250. The molecule has 0 saturated carbocycles. The van der Waals surface area contributed by atoms with Gasteiger partial charge in [-0.3, -0.25) is 9.48 Å². The predicted octanol–water partition coefficient (Wildman–Crippen LogP) is 3.01. The lowest BCUT2D eigenvalue weighted by Crippen LogP contribution is -2.29. The van der Waals surface area contributed by atoms with Crippen LogP contribution in [0.4, 0.5) is 0 Å². The van der Waals surface area contributed by atoms with Crippen molar-refractivity contribution in [1.29, 1.82) is 0 Å². The number of hydrogen-bond acceptors (Lipinski definition) is 3. The summed E-state index contributed by atoms with van der Waals surface area (Å²) in [6, 6.07) is 20.6. The molecule has 0 radical (unpaired) electrons. The van der Waals surface area contributed by atoms with Crippen LogP contribution in [0, 0.1) is 0 Å². The second-order valence-electron chi connectivity index (χ2n) is 5.94. The average molecular weight is 334 g/mol. The van der Waals surface area contributed by atoms with E-state index in [0.29, 0.717) is 19.5 Å². The van der Waals surface area contributed by atoms with Crippen LogP contribution in [0.1, 0.15) is 29.9 Å². The monoisotopic (exact) mass is 334 g/mol. The van der Waals surface area contributed by atoms with Crippen molar-refractivity contribution in [2.75, 3.05) is 6.54 Å². The van der Waals surface area contributed by atoms with E-state index >= 15 is 0 Å². The summed E-state index contributed by atoms with van der Waals surface area (Å²) in [6.45, 7) is 1.30. The maximum absolute atomic E-state index is 12.2. The van der Waals surface area contributed by atoms with E-state index in [0.717, 1.165) is 6.42 Å². The third-order valence-corrected chi connectivity index (χ3v) is 4.16. The summed E-state index contributed by atoms with van der Waals surface area (Å²) in [5, 5.41) is 7.12. The molecular formula is C20H22N4O. The Morgan fingerprint density at radius 2 is 1.64 bits per heavy atom. The number of rotatable bonds is 8. The highest BCUT2D eigenvalue weighted by atomic mass is 16.1. The quantitative estimate of drug-likeness (QED) is 0.689. The Balaban J connectivity index is 1.56. The van der Waals surface area contributed by atoms with Crippen molar-refractivity contribution in [3.63, 3.8) is 0 Å². The van der Waals surface area contributed by atoms with Gasteiger partial charge < -0.3 is 5.32 Å². The fourth-order valence-electron chi connectivity index (χ4n) is 2.85. The number of nitrogens with zero attached hydrogens (tertiary/aromatic N) is 3. The van der Waals surface area contributed by atoms with Gasteiger partial charge in [0.2, 0.25) is 5.91 Å². The Bertz CT molecular complexity index is 717. The van der Waals surface area contributed by atoms with E-state index in [1.165, 1.54) is 17.5 Å². The smallest absolute Gasteiger partial charge is 0.220 e. The zero-order valence-corrected chi connectivity index (χ0v) is 14.1. The number of benzene rings is 2. The van der Waals surface area contributed by atoms with Gasteiger partial charge in [-0.1, -0.05) is 60.7 Å². The SMILES string of the molecule is O=C(CCCn1cncn1)NCC(c1ccccc1)c1ccccc1. The Morgan fingerprint density at radius 1 is 1.00 bits per heavy atom. The van der Waals surface area contributed by atoms with Gasteiger partial charge in [-0.05, 0) is 17.5 Å². The lowest BCUT2D eigenvalue weighted by Gasteiger charge is -2.19. The molecule has 1 heterocycles. The molecule has 1 N–H and O–H groups in total. The summed E-state index contributed by atoms with van der Waals surface area (Å²) < 4.78 is 1.74. The van der Waals surface area contributed by atoms with Crippen molar-refractivity contribution in [3.05, 3.63) is 84.4 Å². The largest absolute Gasteiger partial charge is 0.355 e. The molecule has 0 aliphatic heterocycles. The molecule has 3 aromatic rings. The summed E-state index contributed by atoms with van der Waals surface area (Å²) in [6.07, 6.45) is 4.40. The fourth-order valence-corrected chi connectivity index (χ4v) is 2.85. The maximum Gasteiger partial charge on any atom is 0.220 e. The number of aromatic nitrogens is 3. The average Bonchev–Trinajstić information content (AvgIpc) is 3.17. The number of carbonyl (C=O) groups is 1. The molecule has 0 aliphatic rings. The zero-order valence-electron chi connectivity index (χ0n) is 14.1. The van der Waals surface area contributed by atoms with Crippen LogP contribution in [0.2, 0.25) is 0 Å². The molecule has 2 aromatic carbocycles.